The fourth-order valence-electron chi connectivity index (χ4n) is 1.33. The molecule has 0 saturated heterocycles. The van der Waals surface area contributed by atoms with E-state index in [2.05, 4.69) is 6.58 Å². The van der Waals surface area contributed by atoms with E-state index in [1.807, 2.05) is 0 Å². The van der Waals surface area contributed by atoms with E-state index >= 15 is 0 Å². The highest BCUT2D eigenvalue weighted by atomic mass is 32.2. The van der Waals surface area contributed by atoms with Crippen LogP contribution in [0.1, 0.15) is 25.7 Å². The number of hydrogen-bond acceptors (Lipinski definition) is 1. The second kappa shape index (κ2) is 3.33. The molecule has 2 heteroatoms. The molecule has 0 amide bonds. The van der Waals surface area contributed by atoms with Crippen molar-refractivity contribution in [3.05, 3.63) is 12.2 Å². The topological polar surface area (TPSA) is 17.1 Å². The van der Waals surface area contributed by atoms with Gasteiger partial charge < -0.3 is 0 Å². The standard InChI is InChI=1S/C8H14OS/c1-7-3-5-8(6-4-7)10(2)9/h8H,1,3-6H2,2H3. The Kier molecular flexibility index (Phi) is 2.66. The van der Waals surface area contributed by atoms with Gasteiger partial charge in [0.1, 0.15) is 0 Å². The molecule has 0 radical (unpaired) electrons. The van der Waals surface area contributed by atoms with Crippen molar-refractivity contribution < 1.29 is 4.21 Å². The molecule has 0 heterocycles. The molecule has 0 N–H and O–H groups in total. The minimum Gasteiger partial charge on any atom is -0.260 e. The molecular weight excluding hydrogens is 144 g/mol. The second-order valence-electron chi connectivity index (χ2n) is 2.95. The Morgan fingerprint density at radius 3 is 2.40 bits per heavy atom. The number of hydrogen-bond donors (Lipinski definition) is 0. The molecule has 1 unspecified atom stereocenters. The van der Waals surface area contributed by atoms with E-state index in [1.54, 1.807) is 6.26 Å². The van der Waals surface area contributed by atoms with Crippen LogP contribution >= 0.6 is 0 Å². The predicted octanol–water partition coefficient (Wildman–Crippen LogP) is 1.86. The van der Waals surface area contributed by atoms with E-state index < -0.39 is 10.8 Å². The van der Waals surface area contributed by atoms with E-state index in [4.69, 9.17) is 0 Å². The lowest BCUT2D eigenvalue weighted by Crippen LogP contribution is -2.18. The smallest absolute Gasteiger partial charge is 0.0351 e. The van der Waals surface area contributed by atoms with Crippen LogP contribution in [0.3, 0.4) is 0 Å². The van der Waals surface area contributed by atoms with Gasteiger partial charge in [-0.05, 0) is 25.7 Å². The van der Waals surface area contributed by atoms with Crippen molar-refractivity contribution in [3.8, 4) is 0 Å². The highest BCUT2D eigenvalue weighted by Gasteiger charge is 2.17. The van der Waals surface area contributed by atoms with Crippen molar-refractivity contribution in [2.45, 2.75) is 30.9 Å². The summed E-state index contributed by atoms with van der Waals surface area (Å²) in [6.07, 6.45) is 6.15. The Bertz CT molecular complexity index is 153. The average molecular weight is 158 g/mol. The molecule has 0 aromatic heterocycles. The zero-order valence-corrected chi connectivity index (χ0v) is 7.25. The first kappa shape index (κ1) is 7.99. The fourth-order valence-corrected chi connectivity index (χ4v) is 2.23. The normalized spacial score (nSPS) is 24.7. The highest BCUT2D eigenvalue weighted by Crippen LogP contribution is 2.24. The molecule has 1 atom stereocenters. The maximum absolute atomic E-state index is 11.0. The van der Waals surface area contributed by atoms with Crippen LogP contribution in [0, 0.1) is 0 Å². The lowest BCUT2D eigenvalue weighted by Gasteiger charge is -2.20. The Hall–Kier alpha value is -0.110. The summed E-state index contributed by atoms with van der Waals surface area (Å²) in [7, 11) is -0.608. The Morgan fingerprint density at radius 1 is 1.50 bits per heavy atom. The third-order valence-electron chi connectivity index (χ3n) is 2.11. The summed E-state index contributed by atoms with van der Waals surface area (Å²) < 4.78 is 11.0. The first-order valence-electron chi connectivity index (χ1n) is 3.69. The zero-order chi connectivity index (χ0) is 7.56. The van der Waals surface area contributed by atoms with Gasteiger partial charge in [0.15, 0.2) is 0 Å². The third-order valence-corrected chi connectivity index (χ3v) is 3.52. The molecule has 1 aliphatic rings. The van der Waals surface area contributed by atoms with Crippen molar-refractivity contribution in [1.29, 1.82) is 0 Å². The van der Waals surface area contributed by atoms with Crippen molar-refractivity contribution in [2.75, 3.05) is 6.26 Å². The summed E-state index contributed by atoms with van der Waals surface area (Å²) in [5.41, 5.74) is 1.33. The minimum absolute atomic E-state index is 0.450. The molecular formula is C8H14OS. The summed E-state index contributed by atoms with van der Waals surface area (Å²) in [5.74, 6) is 0. The summed E-state index contributed by atoms with van der Waals surface area (Å²) in [6, 6.07) is 0. The van der Waals surface area contributed by atoms with Crippen LogP contribution in [0.25, 0.3) is 0 Å². The van der Waals surface area contributed by atoms with Crippen LogP contribution in [0.5, 0.6) is 0 Å². The number of rotatable bonds is 1. The molecule has 0 aliphatic heterocycles. The van der Waals surface area contributed by atoms with E-state index in [0.29, 0.717) is 5.25 Å². The van der Waals surface area contributed by atoms with Crippen molar-refractivity contribution in [3.63, 3.8) is 0 Å². The molecule has 1 rings (SSSR count). The van der Waals surface area contributed by atoms with Gasteiger partial charge in [-0.1, -0.05) is 12.2 Å². The molecule has 1 fully saturated rings. The molecule has 58 valence electrons. The molecule has 10 heavy (non-hydrogen) atoms. The van der Waals surface area contributed by atoms with E-state index in [1.165, 1.54) is 5.57 Å². The Labute approximate surface area is 65.0 Å². The van der Waals surface area contributed by atoms with Crippen molar-refractivity contribution >= 4 is 10.8 Å². The maximum Gasteiger partial charge on any atom is 0.0351 e. The van der Waals surface area contributed by atoms with Gasteiger partial charge in [-0.15, -0.1) is 0 Å². The van der Waals surface area contributed by atoms with Gasteiger partial charge in [0.2, 0.25) is 0 Å². The van der Waals surface area contributed by atoms with Crippen LogP contribution in [0.15, 0.2) is 12.2 Å². The average Bonchev–Trinajstić information content (AvgIpc) is 1.88. The molecule has 0 spiro atoms. The lowest BCUT2D eigenvalue weighted by molar-refractivity contribution is 0.591. The van der Waals surface area contributed by atoms with Gasteiger partial charge in [-0.3, -0.25) is 4.21 Å². The van der Waals surface area contributed by atoms with Crippen molar-refractivity contribution in [2.24, 2.45) is 0 Å². The molecule has 1 aliphatic carbocycles. The predicted molar refractivity (Wildman–Crippen MR) is 45.5 cm³/mol. The zero-order valence-electron chi connectivity index (χ0n) is 6.43. The van der Waals surface area contributed by atoms with Crippen LogP contribution in [0.4, 0.5) is 0 Å². The monoisotopic (exact) mass is 158 g/mol. The van der Waals surface area contributed by atoms with Crippen LogP contribution < -0.4 is 0 Å². The summed E-state index contributed by atoms with van der Waals surface area (Å²) in [5, 5.41) is 0.450. The first-order chi connectivity index (χ1) is 4.70. The maximum atomic E-state index is 11.0. The third kappa shape index (κ3) is 1.94. The minimum atomic E-state index is -0.608. The fraction of sp³-hybridized carbons (Fsp3) is 0.750. The van der Waals surface area contributed by atoms with Gasteiger partial charge in [-0.2, -0.15) is 0 Å². The molecule has 1 nitrogen and oxygen atoms in total. The molecule has 0 aromatic carbocycles. The van der Waals surface area contributed by atoms with Gasteiger partial charge in [0.25, 0.3) is 0 Å². The summed E-state index contributed by atoms with van der Waals surface area (Å²) in [6.45, 7) is 3.91. The van der Waals surface area contributed by atoms with Gasteiger partial charge in [0.05, 0.1) is 0 Å². The molecule has 1 saturated carbocycles. The van der Waals surface area contributed by atoms with Crippen molar-refractivity contribution in [1.82, 2.24) is 0 Å². The summed E-state index contributed by atoms with van der Waals surface area (Å²) in [4.78, 5) is 0. The molecule has 0 bridgehead atoms. The van der Waals surface area contributed by atoms with Crippen LogP contribution in [0.2, 0.25) is 0 Å². The molecule has 0 aromatic rings. The van der Waals surface area contributed by atoms with Gasteiger partial charge in [0, 0.05) is 22.3 Å². The highest BCUT2D eigenvalue weighted by molar-refractivity contribution is 7.84. The largest absolute Gasteiger partial charge is 0.260 e. The quantitative estimate of drug-likeness (QED) is 0.532. The van der Waals surface area contributed by atoms with Gasteiger partial charge >= 0.3 is 0 Å². The van der Waals surface area contributed by atoms with E-state index in [9.17, 15) is 4.21 Å². The first-order valence-corrected chi connectivity index (χ1v) is 5.31. The van der Waals surface area contributed by atoms with Gasteiger partial charge in [-0.25, -0.2) is 0 Å². The Morgan fingerprint density at radius 2 is 2.00 bits per heavy atom. The SMILES string of the molecule is C=C1CCC(S(C)=O)CC1. The van der Waals surface area contributed by atoms with E-state index in [-0.39, 0.29) is 0 Å². The summed E-state index contributed by atoms with van der Waals surface area (Å²) >= 11 is 0. The van der Waals surface area contributed by atoms with Crippen LogP contribution in [-0.4, -0.2) is 15.7 Å². The Balaban J connectivity index is 2.40. The van der Waals surface area contributed by atoms with E-state index in [0.717, 1.165) is 25.7 Å². The second-order valence-corrected chi connectivity index (χ2v) is 4.61. The lowest BCUT2D eigenvalue weighted by atomic mass is 9.96. The van der Waals surface area contributed by atoms with Crippen LogP contribution in [-0.2, 0) is 10.8 Å². The number of allylic oxidation sites excluding steroid dienone is 1.